The van der Waals surface area contributed by atoms with Crippen LogP contribution >= 0.6 is 23.5 Å². The number of hydrogen-bond donors (Lipinski definition) is 0. The summed E-state index contributed by atoms with van der Waals surface area (Å²) in [4.78, 5) is 17.6. The third-order valence-electron chi connectivity index (χ3n) is 6.49. The summed E-state index contributed by atoms with van der Waals surface area (Å²) in [5, 5.41) is -0.224. The Morgan fingerprint density at radius 3 is 2.69 bits per heavy atom. The molecule has 3 aromatic rings. The maximum Gasteiger partial charge on any atom is 0.224 e. The summed E-state index contributed by atoms with van der Waals surface area (Å²) in [7, 11) is 4.11. The molecule has 1 aliphatic carbocycles. The zero-order chi connectivity index (χ0) is 22.8. The summed E-state index contributed by atoms with van der Waals surface area (Å²) in [6, 6.07) is 15.0. The molecule has 1 heterocycles. The van der Waals surface area contributed by atoms with E-state index < -0.39 is 0 Å². The lowest BCUT2D eigenvalue weighted by molar-refractivity contribution is -0.117. The summed E-state index contributed by atoms with van der Waals surface area (Å²) in [5.41, 5.74) is 4.48. The summed E-state index contributed by atoms with van der Waals surface area (Å²) < 4.78 is 10.3. The number of ether oxygens (including phenoxy) is 1. The summed E-state index contributed by atoms with van der Waals surface area (Å²) in [6.45, 7) is 4.72. The molecule has 3 atom stereocenters. The quantitative estimate of drug-likeness (QED) is 0.308. The van der Waals surface area contributed by atoms with Gasteiger partial charge in [-0.05, 0) is 92.6 Å². The van der Waals surface area contributed by atoms with Crippen LogP contribution in [0.15, 0.2) is 47.4 Å². The van der Waals surface area contributed by atoms with Gasteiger partial charge >= 0.3 is 0 Å². The molecule has 32 heavy (non-hydrogen) atoms. The maximum atomic E-state index is 11.8. The van der Waals surface area contributed by atoms with E-state index in [0.29, 0.717) is 6.61 Å². The Balaban J connectivity index is 1.49. The van der Waals surface area contributed by atoms with Crippen LogP contribution < -0.4 is 4.31 Å². The number of aryl methyl sites for hydroxylation is 2. The Kier molecular flexibility index (Phi) is 7.13. The van der Waals surface area contributed by atoms with E-state index in [9.17, 15) is 4.79 Å². The molecule has 1 saturated carbocycles. The predicted octanol–water partition coefficient (Wildman–Crippen LogP) is 6.08. The van der Waals surface area contributed by atoms with Crippen LogP contribution in [0.3, 0.4) is 0 Å². The highest BCUT2D eigenvalue weighted by molar-refractivity contribution is 8.00. The van der Waals surface area contributed by atoms with Gasteiger partial charge in [-0.15, -0.1) is 0 Å². The van der Waals surface area contributed by atoms with Gasteiger partial charge in [0.05, 0.1) is 17.1 Å². The van der Waals surface area contributed by atoms with Crippen LogP contribution in [0, 0.1) is 12.8 Å². The highest BCUT2D eigenvalue weighted by Gasteiger charge is 2.34. The molecule has 7 heteroatoms. The molecule has 2 aromatic carbocycles. The molecular formula is C25H30ClN3O2S. The third kappa shape index (κ3) is 4.82. The molecule has 0 aliphatic heterocycles. The minimum absolute atomic E-state index is 0.0820. The minimum Gasteiger partial charge on any atom is -0.378 e. The molecule has 0 bridgehead atoms. The Labute approximate surface area is 199 Å². The van der Waals surface area contributed by atoms with E-state index in [-0.39, 0.29) is 23.2 Å². The van der Waals surface area contributed by atoms with Crippen LogP contribution in [-0.4, -0.2) is 34.6 Å². The monoisotopic (exact) mass is 471 g/mol. The largest absolute Gasteiger partial charge is 0.378 e. The molecule has 1 aromatic heterocycles. The second-order valence-corrected chi connectivity index (χ2v) is 10.0. The topological polar surface area (TPSA) is 47.4 Å². The average molecular weight is 472 g/mol. The number of hydrogen-bond acceptors (Lipinski definition) is 5. The summed E-state index contributed by atoms with van der Waals surface area (Å²) >= 11 is 7.51. The Morgan fingerprint density at radius 2 is 2.00 bits per heavy atom. The van der Waals surface area contributed by atoms with Crippen molar-refractivity contribution in [3.05, 3.63) is 53.9 Å². The summed E-state index contributed by atoms with van der Waals surface area (Å²) in [5.74, 6) is 1.12. The molecule has 1 fully saturated rings. The Bertz CT molecular complexity index is 1100. The molecule has 0 N–H and O–H groups in total. The van der Waals surface area contributed by atoms with Gasteiger partial charge in [-0.2, -0.15) is 0 Å². The number of fused-ring (bicyclic) bond motifs is 1. The van der Waals surface area contributed by atoms with E-state index in [0.717, 1.165) is 46.7 Å². The van der Waals surface area contributed by atoms with Crippen molar-refractivity contribution in [3.8, 4) is 0 Å². The van der Waals surface area contributed by atoms with Crippen molar-refractivity contribution in [1.82, 2.24) is 9.55 Å². The van der Waals surface area contributed by atoms with Gasteiger partial charge in [-0.25, -0.2) is 4.98 Å². The van der Waals surface area contributed by atoms with E-state index >= 15 is 0 Å². The lowest BCUT2D eigenvalue weighted by Crippen LogP contribution is -2.32. The van der Waals surface area contributed by atoms with Gasteiger partial charge in [0.15, 0.2) is 0 Å². The normalized spacial score (nSPS) is 21.1. The van der Waals surface area contributed by atoms with E-state index in [2.05, 4.69) is 63.4 Å². The molecule has 0 saturated heterocycles. The van der Waals surface area contributed by atoms with Crippen molar-refractivity contribution in [2.45, 2.75) is 50.0 Å². The molecule has 4 rings (SSSR count). The van der Waals surface area contributed by atoms with Gasteiger partial charge in [0.2, 0.25) is 5.24 Å². The van der Waals surface area contributed by atoms with Crippen molar-refractivity contribution in [1.29, 1.82) is 0 Å². The second-order valence-electron chi connectivity index (χ2n) is 8.46. The number of nitrogens with zero attached hydrogens (tertiary/aromatic N) is 3. The van der Waals surface area contributed by atoms with Crippen molar-refractivity contribution < 1.29 is 9.53 Å². The average Bonchev–Trinajstić information content (AvgIpc) is 3.07. The van der Waals surface area contributed by atoms with Crippen molar-refractivity contribution in [2.75, 3.05) is 18.0 Å². The zero-order valence-electron chi connectivity index (χ0n) is 19.0. The highest BCUT2D eigenvalue weighted by Crippen LogP contribution is 2.40. The number of rotatable bonds is 7. The first-order valence-corrected chi connectivity index (χ1v) is 12.3. The van der Waals surface area contributed by atoms with Crippen LogP contribution in [-0.2, 0) is 16.6 Å². The number of anilines is 1. The van der Waals surface area contributed by atoms with Gasteiger partial charge in [-0.1, -0.05) is 12.1 Å². The van der Waals surface area contributed by atoms with E-state index in [1.54, 1.807) is 11.9 Å². The SMILES string of the molecule is CCO[C@@H]1CCC(C(=O)Cl)CC1c1ccc(N(C)Sc2ccc3c(c2)nc(C)n3C)cc1. The molecule has 1 aliphatic rings. The Morgan fingerprint density at radius 1 is 1.25 bits per heavy atom. The number of carbonyl (C=O) groups is 1. The lowest BCUT2D eigenvalue weighted by atomic mass is 9.76. The van der Waals surface area contributed by atoms with E-state index in [1.165, 1.54) is 5.56 Å². The molecule has 0 spiro atoms. The van der Waals surface area contributed by atoms with Gasteiger partial charge in [0, 0.05) is 43.1 Å². The lowest BCUT2D eigenvalue weighted by Gasteiger charge is -2.35. The first kappa shape index (κ1) is 23.1. The molecule has 0 amide bonds. The standard InChI is InChI=1S/C25H30ClN3O2S/c1-5-31-24-13-8-18(25(26)30)14-21(24)17-6-9-19(10-7-17)29(4)32-20-11-12-23-22(15-20)27-16(2)28(23)3/h6-7,9-12,15,18,21,24H,5,8,13-14H2,1-4H3/t18?,21?,24-/m1/s1. The summed E-state index contributed by atoms with van der Waals surface area (Å²) in [6.07, 6.45) is 2.56. The zero-order valence-corrected chi connectivity index (χ0v) is 20.6. The fraction of sp³-hybridized carbons (Fsp3) is 0.440. The fourth-order valence-corrected chi connectivity index (χ4v) is 5.65. The van der Waals surface area contributed by atoms with Crippen LogP contribution in [0.5, 0.6) is 0 Å². The smallest absolute Gasteiger partial charge is 0.224 e. The van der Waals surface area contributed by atoms with E-state index in [1.807, 2.05) is 20.9 Å². The van der Waals surface area contributed by atoms with Gasteiger partial charge in [-0.3, -0.25) is 4.79 Å². The van der Waals surface area contributed by atoms with Gasteiger partial charge < -0.3 is 13.6 Å². The Hall–Kier alpha value is -2.02. The first-order valence-electron chi connectivity index (χ1n) is 11.1. The second kappa shape index (κ2) is 9.86. The number of benzene rings is 2. The number of imidazole rings is 1. The van der Waals surface area contributed by atoms with Crippen LogP contribution in [0.4, 0.5) is 5.69 Å². The molecule has 2 unspecified atom stereocenters. The molecular weight excluding hydrogens is 442 g/mol. The number of carbonyl (C=O) groups excluding carboxylic acids is 1. The maximum absolute atomic E-state index is 11.8. The van der Waals surface area contributed by atoms with Gasteiger partial charge in [0.25, 0.3) is 0 Å². The van der Waals surface area contributed by atoms with Crippen molar-refractivity contribution in [3.63, 3.8) is 0 Å². The molecule has 5 nitrogen and oxygen atoms in total. The van der Waals surface area contributed by atoms with Crippen LogP contribution in [0.25, 0.3) is 11.0 Å². The number of halogens is 1. The first-order chi connectivity index (χ1) is 15.4. The van der Waals surface area contributed by atoms with Gasteiger partial charge in [0.1, 0.15) is 5.82 Å². The third-order valence-corrected chi connectivity index (χ3v) is 7.75. The van der Waals surface area contributed by atoms with Crippen molar-refractivity contribution >= 4 is 45.5 Å². The van der Waals surface area contributed by atoms with Crippen LogP contribution in [0.1, 0.15) is 43.5 Å². The van der Waals surface area contributed by atoms with E-state index in [4.69, 9.17) is 16.3 Å². The minimum atomic E-state index is -0.224. The molecule has 170 valence electrons. The fourth-order valence-electron chi connectivity index (χ4n) is 4.61. The predicted molar refractivity (Wildman–Crippen MR) is 133 cm³/mol. The molecule has 0 radical (unpaired) electrons. The van der Waals surface area contributed by atoms with Crippen LogP contribution in [0.2, 0.25) is 0 Å². The van der Waals surface area contributed by atoms with Crippen molar-refractivity contribution in [2.24, 2.45) is 13.0 Å². The highest BCUT2D eigenvalue weighted by atomic mass is 35.5. The number of aromatic nitrogens is 2.